The number of ether oxygens (including phenoxy) is 2. The number of benzene rings is 3. The number of thiazole rings is 1. The lowest BCUT2D eigenvalue weighted by Gasteiger charge is -2.24. The number of aromatic nitrogens is 1. The number of halogens is 1. The van der Waals surface area contributed by atoms with Crippen molar-refractivity contribution in [2.75, 3.05) is 7.11 Å². The van der Waals surface area contributed by atoms with E-state index in [1.165, 1.54) is 18.4 Å². The van der Waals surface area contributed by atoms with Gasteiger partial charge in [0.25, 0.3) is 5.56 Å². The van der Waals surface area contributed by atoms with Crippen LogP contribution in [0.25, 0.3) is 6.08 Å². The Morgan fingerprint density at radius 3 is 2.46 bits per heavy atom. The number of esters is 1. The summed E-state index contributed by atoms with van der Waals surface area (Å²) in [5.74, 6) is 0.212. The van der Waals surface area contributed by atoms with Gasteiger partial charge in [0.2, 0.25) is 0 Å². The van der Waals surface area contributed by atoms with Crippen molar-refractivity contribution in [3.8, 4) is 5.75 Å². The highest BCUT2D eigenvalue weighted by Gasteiger charge is 2.32. The molecule has 0 bridgehead atoms. The molecular formula is C29H23BrN2O4S. The van der Waals surface area contributed by atoms with Gasteiger partial charge < -0.3 is 9.47 Å². The molecule has 37 heavy (non-hydrogen) atoms. The topological polar surface area (TPSA) is 69.9 Å². The fourth-order valence-corrected chi connectivity index (χ4v) is 5.81. The Morgan fingerprint density at radius 2 is 1.78 bits per heavy atom. The second-order valence-electron chi connectivity index (χ2n) is 8.45. The van der Waals surface area contributed by atoms with Crippen molar-refractivity contribution in [1.82, 2.24) is 4.57 Å². The molecule has 8 heteroatoms. The molecule has 5 rings (SSSR count). The van der Waals surface area contributed by atoms with Crippen LogP contribution < -0.4 is 19.6 Å². The first kappa shape index (κ1) is 24.9. The summed E-state index contributed by atoms with van der Waals surface area (Å²) < 4.78 is 13.9. The Hall–Kier alpha value is -3.75. The number of nitrogens with zero attached hydrogens (tertiary/aromatic N) is 2. The van der Waals surface area contributed by atoms with Crippen LogP contribution in [0.5, 0.6) is 5.75 Å². The van der Waals surface area contributed by atoms with E-state index < -0.39 is 12.0 Å². The van der Waals surface area contributed by atoms with E-state index in [1.54, 1.807) is 11.5 Å². The Morgan fingerprint density at radius 1 is 1.08 bits per heavy atom. The van der Waals surface area contributed by atoms with E-state index in [9.17, 15) is 9.59 Å². The van der Waals surface area contributed by atoms with E-state index >= 15 is 0 Å². The molecule has 2 heterocycles. The fraction of sp³-hybridized carbons (Fsp3) is 0.138. The molecule has 1 atom stereocenters. The Bertz CT molecular complexity index is 1670. The van der Waals surface area contributed by atoms with Crippen molar-refractivity contribution in [3.05, 3.63) is 131 Å². The van der Waals surface area contributed by atoms with E-state index in [4.69, 9.17) is 9.47 Å². The quantitative estimate of drug-likeness (QED) is 0.312. The van der Waals surface area contributed by atoms with Crippen LogP contribution in [0.1, 0.15) is 29.7 Å². The number of rotatable bonds is 6. The van der Waals surface area contributed by atoms with Gasteiger partial charge in [-0.25, -0.2) is 9.79 Å². The summed E-state index contributed by atoms with van der Waals surface area (Å²) in [6.07, 6.45) is 1.83. The predicted molar refractivity (Wildman–Crippen MR) is 147 cm³/mol. The molecule has 0 amide bonds. The first-order valence-corrected chi connectivity index (χ1v) is 13.2. The smallest absolute Gasteiger partial charge is 0.338 e. The molecule has 186 valence electrons. The zero-order valence-electron chi connectivity index (χ0n) is 20.2. The van der Waals surface area contributed by atoms with Gasteiger partial charge in [0, 0.05) is 0 Å². The van der Waals surface area contributed by atoms with Crippen LogP contribution in [0, 0.1) is 0 Å². The highest BCUT2D eigenvalue weighted by molar-refractivity contribution is 9.10. The van der Waals surface area contributed by atoms with E-state index in [2.05, 4.69) is 20.9 Å². The molecule has 0 radical (unpaired) electrons. The summed E-state index contributed by atoms with van der Waals surface area (Å²) in [7, 11) is 1.33. The summed E-state index contributed by atoms with van der Waals surface area (Å²) in [6, 6.07) is 24.5. The maximum atomic E-state index is 13.6. The Labute approximate surface area is 226 Å². The van der Waals surface area contributed by atoms with Gasteiger partial charge in [-0.2, -0.15) is 0 Å². The lowest BCUT2D eigenvalue weighted by Crippen LogP contribution is -2.39. The van der Waals surface area contributed by atoms with Gasteiger partial charge in [-0.05, 0) is 57.8 Å². The molecule has 0 aliphatic carbocycles. The summed E-state index contributed by atoms with van der Waals surface area (Å²) in [6.45, 7) is 2.23. The molecule has 1 unspecified atom stereocenters. The molecule has 1 aliphatic rings. The van der Waals surface area contributed by atoms with Crippen LogP contribution >= 0.6 is 27.3 Å². The zero-order chi connectivity index (χ0) is 25.9. The van der Waals surface area contributed by atoms with Crippen molar-refractivity contribution >= 4 is 39.3 Å². The number of carbonyl (C=O) groups is 1. The predicted octanol–water partition coefficient (Wildman–Crippen LogP) is 4.75. The van der Waals surface area contributed by atoms with Crippen molar-refractivity contribution < 1.29 is 14.3 Å². The van der Waals surface area contributed by atoms with Crippen molar-refractivity contribution in [2.45, 2.75) is 19.6 Å². The third-order valence-corrected chi connectivity index (χ3v) is 7.64. The molecule has 6 nitrogen and oxygen atoms in total. The summed E-state index contributed by atoms with van der Waals surface area (Å²) in [5, 5.41) is 0. The average molecular weight is 575 g/mol. The van der Waals surface area contributed by atoms with Gasteiger partial charge in [0.15, 0.2) is 4.80 Å². The Kier molecular flexibility index (Phi) is 7.21. The first-order chi connectivity index (χ1) is 18.0. The molecule has 4 aromatic rings. The number of fused-ring (bicyclic) bond motifs is 1. The second-order valence-corrected chi connectivity index (χ2v) is 10.3. The van der Waals surface area contributed by atoms with Crippen molar-refractivity contribution in [2.24, 2.45) is 4.99 Å². The van der Waals surface area contributed by atoms with Gasteiger partial charge in [0.05, 0.1) is 33.4 Å². The van der Waals surface area contributed by atoms with Crippen LogP contribution in [0.4, 0.5) is 0 Å². The molecule has 0 saturated heterocycles. The lowest BCUT2D eigenvalue weighted by atomic mass is 9.96. The summed E-state index contributed by atoms with van der Waals surface area (Å²) >= 11 is 4.88. The lowest BCUT2D eigenvalue weighted by molar-refractivity contribution is -0.136. The minimum Gasteiger partial charge on any atom is -0.488 e. The third-order valence-electron chi connectivity index (χ3n) is 6.03. The SMILES string of the molecule is COC(=O)C1=C(C)N=c2sc(=Cc3ccc(OCc4ccccc4)c(Br)c3)c(=O)n2C1c1ccccc1. The van der Waals surface area contributed by atoms with Crippen molar-refractivity contribution in [1.29, 1.82) is 0 Å². The van der Waals surface area contributed by atoms with Crippen LogP contribution in [-0.4, -0.2) is 17.6 Å². The molecule has 0 N–H and O–H groups in total. The zero-order valence-corrected chi connectivity index (χ0v) is 22.6. The van der Waals surface area contributed by atoms with Crippen LogP contribution in [-0.2, 0) is 16.1 Å². The molecule has 0 saturated carbocycles. The minimum absolute atomic E-state index is 0.216. The van der Waals surface area contributed by atoms with Crippen LogP contribution in [0.2, 0.25) is 0 Å². The maximum absolute atomic E-state index is 13.6. The van der Waals surface area contributed by atoms with E-state index in [-0.39, 0.29) is 5.56 Å². The standard InChI is InChI=1S/C29H23BrN2O4S/c1-18-25(28(34)35-2)26(21-11-7-4-8-12-21)32-27(33)24(37-29(32)31-18)16-20-13-14-23(22(30)15-20)36-17-19-9-5-3-6-10-19/h3-16,26H,17H2,1-2H3. The van der Waals surface area contributed by atoms with Gasteiger partial charge in [0.1, 0.15) is 12.4 Å². The normalized spacial score (nSPS) is 15.2. The van der Waals surface area contributed by atoms with Gasteiger partial charge in [-0.15, -0.1) is 0 Å². The average Bonchev–Trinajstić information content (AvgIpc) is 3.22. The molecule has 1 aliphatic heterocycles. The number of hydrogen-bond acceptors (Lipinski definition) is 6. The van der Waals surface area contributed by atoms with E-state index in [1.807, 2.05) is 84.9 Å². The highest BCUT2D eigenvalue weighted by Crippen LogP contribution is 2.30. The highest BCUT2D eigenvalue weighted by atomic mass is 79.9. The largest absolute Gasteiger partial charge is 0.488 e. The first-order valence-electron chi connectivity index (χ1n) is 11.6. The second kappa shape index (κ2) is 10.7. The Balaban J connectivity index is 1.53. The minimum atomic E-state index is -0.618. The fourth-order valence-electron chi connectivity index (χ4n) is 4.25. The number of allylic oxidation sites excluding steroid dienone is 1. The van der Waals surface area contributed by atoms with Gasteiger partial charge >= 0.3 is 5.97 Å². The van der Waals surface area contributed by atoms with Crippen molar-refractivity contribution in [3.63, 3.8) is 0 Å². The number of hydrogen-bond donors (Lipinski definition) is 0. The molecule has 1 aromatic heterocycles. The molecular weight excluding hydrogens is 552 g/mol. The van der Waals surface area contributed by atoms with Crippen LogP contribution in [0.3, 0.4) is 0 Å². The van der Waals surface area contributed by atoms with E-state index in [0.29, 0.717) is 33.0 Å². The monoisotopic (exact) mass is 574 g/mol. The van der Waals surface area contributed by atoms with Gasteiger partial charge in [-0.3, -0.25) is 9.36 Å². The number of carbonyl (C=O) groups excluding carboxylic acids is 1. The molecule has 0 spiro atoms. The maximum Gasteiger partial charge on any atom is 0.338 e. The third kappa shape index (κ3) is 5.08. The van der Waals surface area contributed by atoms with Crippen LogP contribution in [0.15, 0.2) is 104 Å². The van der Waals surface area contributed by atoms with E-state index in [0.717, 1.165) is 21.2 Å². The summed E-state index contributed by atoms with van der Waals surface area (Å²) in [5.41, 5.74) is 3.41. The summed E-state index contributed by atoms with van der Waals surface area (Å²) in [4.78, 5) is 31.5. The molecule has 0 fully saturated rings. The molecule has 3 aromatic carbocycles. The van der Waals surface area contributed by atoms with Gasteiger partial charge in [-0.1, -0.05) is 78.1 Å². The number of methoxy groups -OCH3 is 1.